The Kier molecular flexibility index (Phi) is 6.56. The standard InChI is InChI=1S/C22H28N4O2.C2HF3O2/c1-15(2)13-26-18-5-3-8-23-20(18)25-9-4-6-19(25)22(26)7-10-24(14-22)21(28)16-11-17(27)12-16;3-2(4,5)1(6)7/h3-6,8-9,15-17,27H,7,10-14H2,1-2H3;(H,6,7). The first-order valence-corrected chi connectivity index (χ1v) is 11.6. The Morgan fingerprint density at radius 1 is 1.23 bits per heavy atom. The number of fused-ring (bicyclic) bond motifs is 4. The number of amides is 1. The van der Waals surface area contributed by atoms with Crippen LogP contribution < -0.4 is 4.90 Å². The van der Waals surface area contributed by atoms with Crippen LogP contribution in [-0.2, 0) is 15.1 Å². The van der Waals surface area contributed by atoms with Crippen molar-refractivity contribution in [1.82, 2.24) is 14.5 Å². The van der Waals surface area contributed by atoms with E-state index in [-0.39, 0.29) is 23.5 Å². The topological polar surface area (TPSA) is 98.9 Å². The summed E-state index contributed by atoms with van der Waals surface area (Å²) in [5.74, 6) is -1.08. The van der Waals surface area contributed by atoms with Gasteiger partial charge in [0, 0.05) is 37.9 Å². The summed E-state index contributed by atoms with van der Waals surface area (Å²) >= 11 is 0. The Morgan fingerprint density at radius 3 is 2.51 bits per heavy atom. The van der Waals surface area contributed by atoms with Crippen LogP contribution in [0.15, 0.2) is 36.7 Å². The number of carbonyl (C=O) groups excluding carboxylic acids is 1. The van der Waals surface area contributed by atoms with Gasteiger partial charge in [-0.2, -0.15) is 13.2 Å². The fraction of sp³-hybridized carbons (Fsp3) is 0.542. The van der Waals surface area contributed by atoms with E-state index in [1.165, 1.54) is 5.69 Å². The molecule has 1 saturated heterocycles. The molecule has 1 spiro atoms. The van der Waals surface area contributed by atoms with Crippen molar-refractivity contribution in [3.05, 3.63) is 42.4 Å². The van der Waals surface area contributed by atoms with Gasteiger partial charge in [0.05, 0.1) is 17.5 Å². The molecule has 2 aliphatic heterocycles. The number of aromatic nitrogens is 2. The summed E-state index contributed by atoms with van der Waals surface area (Å²) in [7, 11) is 0. The molecule has 1 amide bonds. The van der Waals surface area contributed by atoms with E-state index in [1.54, 1.807) is 0 Å². The van der Waals surface area contributed by atoms with E-state index in [0.717, 1.165) is 31.0 Å². The lowest BCUT2D eigenvalue weighted by Crippen LogP contribution is -2.54. The summed E-state index contributed by atoms with van der Waals surface area (Å²) in [5.41, 5.74) is 2.15. The molecule has 190 valence electrons. The van der Waals surface area contributed by atoms with Crippen molar-refractivity contribution in [2.75, 3.05) is 24.5 Å². The average Bonchev–Trinajstić information content (AvgIpc) is 3.42. The number of alkyl halides is 3. The molecule has 35 heavy (non-hydrogen) atoms. The summed E-state index contributed by atoms with van der Waals surface area (Å²) in [5, 5.41) is 16.7. The lowest BCUT2D eigenvalue weighted by atomic mass is 9.81. The normalized spacial score (nSPS) is 25.0. The number of aliphatic carboxylic acids is 1. The number of carboxylic acid groups (broad SMARTS) is 1. The van der Waals surface area contributed by atoms with Gasteiger partial charge in [0.1, 0.15) is 5.54 Å². The maximum Gasteiger partial charge on any atom is 0.490 e. The van der Waals surface area contributed by atoms with E-state index < -0.39 is 12.1 Å². The Hall–Kier alpha value is -3.08. The molecule has 2 aromatic rings. The summed E-state index contributed by atoms with van der Waals surface area (Å²) in [6.07, 6.45) is 0.692. The van der Waals surface area contributed by atoms with Crippen LogP contribution in [0.5, 0.6) is 0 Å². The van der Waals surface area contributed by atoms with E-state index in [1.807, 2.05) is 17.2 Å². The number of carbonyl (C=O) groups is 2. The molecule has 0 radical (unpaired) electrons. The molecule has 2 fully saturated rings. The van der Waals surface area contributed by atoms with Crippen molar-refractivity contribution >= 4 is 17.6 Å². The van der Waals surface area contributed by atoms with Gasteiger partial charge in [-0.3, -0.25) is 4.79 Å². The highest BCUT2D eigenvalue weighted by atomic mass is 19.4. The van der Waals surface area contributed by atoms with Crippen molar-refractivity contribution in [2.45, 2.75) is 50.9 Å². The van der Waals surface area contributed by atoms with Gasteiger partial charge < -0.3 is 24.6 Å². The minimum absolute atomic E-state index is 0.00646. The first-order valence-electron chi connectivity index (χ1n) is 11.6. The molecular weight excluding hydrogens is 465 g/mol. The lowest BCUT2D eigenvalue weighted by Gasteiger charge is -2.48. The van der Waals surface area contributed by atoms with E-state index in [0.29, 0.717) is 25.3 Å². The van der Waals surface area contributed by atoms with Crippen LogP contribution in [0.25, 0.3) is 5.82 Å². The zero-order chi connectivity index (χ0) is 25.5. The lowest BCUT2D eigenvalue weighted by molar-refractivity contribution is -0.192. The second kappa shape index (κ2) is 9.18. The molecule has 11 heteroatoms. The Bertz CT molecular complexity index is 1100. The first-order chi connectivity index (χ1) is 16.4. The quantitative estimate of drug-likeness (QED) is 0.680. The zero-order valence-electron chi connectivity index (χ0n) is 19.6. The number of aliphatic hydroxyl groups excluding tert-OH is 1. The van der Waals surface area contributed by atoms with Gasteiger partial charge in [-0.25, -0.2) is 9.78 Å². The molecule has 2 aromatic heterocycles. The van der Waals surface area contributed by atoms with Crippen LogP contribution in [-0.4, -0.2) is 68.5 Å². The van der Waals surface area contributed by atoms with E-state index >= 15 is 0 Å². The van der Waals surface area contributed by atoms with Gasteiger partial charge in [-0.1, -0.05) is 13.8 Å². The van der Waals surface area contributed by atoms with E-state index in [4.69, 9.17) is 9.90 Å². The summed E-state index contributed by atoms with van der Waals surface area (Å²) in [6, 6.07) is 8.43. The monoisotopic (exact) mass is 494 g/mol. The first kappa shape index (κ1) is 25.0. The molecule has 1 saturated carbocycles. The van der Waals surface area contributed by atoms with Crippen molar-refractivity contribution < 1.29 is 33.0 Å². The van der Waals surface area contributed by atoms with E-state index in [2.05, 4.69) is 52.7 Å². The van der Waals surface area contributed by atoms with Crippen LogP contribution in [0.1, 0.15) is 38.8 Å². The molecule has 0 aromatic carbocycles. The summed E-state index contributed by atoms with van der Waals surface area (Å²) in [4.78, 5) is 31.1. The number of pyridine rings is 1. The van der Waals surface area contributed by atoms with Gasteiger partial charge >= 0.3 is 12.1 Å². The van der Waals surface area contributed by atoms with Gasteiger partial charge in [-0.05, 0) is 49.4 Å². The zero-order valence-corrected chi connectivity index (χ0v) is 19.6. The van der Waals surface area contributed by atoms with Crippen LogP contribution in [0.4, 0.5) is 18.9 Å². The number of carboxylic acids is 1. The molecule has 0 bridgehead atoms. The van der Waals surface area contributed by atoms with Crippen LogP contribution >= 0.6 is 0 Å². The molecular formula is C24H29F3N4O4. The van der Waals surface area contributed by atoms with Crippen LogP contribution in [0.2, 0.25) is 0 Å². The fourth-order valence-corrected chi connectivity index (χ4v) is 5.20. The van der Waals surface area contributed by atoms with Gasteiger partial charge in [0.15, 0.2) is 5.82 Å². The molecule has 2 N–H and O–H groups in total. The largest absolute Gasteiger partial charge is 0.490 e. The SMILES string of the molecule is CC(C)CN1c2cccnc2-n2cccc2C12CCN(C(=O)C1CC(O)C1)C2.O=C(O)C(F)(F)F. The fourth-order valence-electron chi connectivity index (χ4n) is 5.20. The summed E-state index contributed by atoms with van der Waals surface area (Å²) in [6.45, 7) is 6.87. The summed E-state index contributed by atoms with van der Waals surface area (Å²) < 4.78 is 33.9. The highest BCUT2D eigenvalue weighted by Gasteiger charge is 2.52. The molecule has 8 nitrogen and oxygen atoms in total. The smallest absolute Gasteiger partial charge is 0.475 e. The van der Waals surface area contributed by atoms with Gasteiger partial charge in [0.2, 0.25) is 5.91 Å². The Labute approximate surface area is 201 Å². The molecule has 1 aliphatic carbocycles. The predicted octanol–water partition coefficient (Wildman–Crippen LogP) is 3.18. The second-order valence-electron chi connectivity index (χ2n) is 9.78. The molecule has 1 atom stereocenters. The highest BCUT2D eigenvalue weighted by Crippen LogP contribution is 2.47. The minimum Gasteiger partial charge on any atom is -0.475 e. The maximum atomic E-state index is 13.0. The molecule has 5 rings (SSSR count). The number of likely N-dealkylation sites (tertiary alicyclic amines) is 1. The van der Waals surface area contributed by atoms with Gasteiger partial charge in [-0.15, -0.1) is 0 Å². The third-order valence-electron chi connectivity index (χ3n) is 6.84. The second-order valence-corrected chi connectivity index (χ2v) is 9.78. The van der Waals surface area contributed by atoms with Crippen LogP contribution in [0, 0.1) is 11.8 Å². The number of rotatable bonds is 3. The molecule has 1 unspecified atom stereocenters. The van der Waals surface area contributed by atoms with Crippen molar-refractivity contribution in [3.63, 3.8) is 0 Å². The number of halogens is 3. The number of aliphatic hydroxyl groups is 1. The van der Waals surface area contributed by atoms with Gasteiger partial charge in [0.25, 0.3) is 0 Å². The molecule has 4 heterocycles. The predicted molar refractivity (Wildman–Crippen MR) is 121 cm³/mol. The highest BCUT2D eigenvalue weighted by molar-refractivity contribution is 5.81. The van der Waals surface area contributed by atoms with Crippen molar-refractivity contribution in [2.24, 2.45) is 11.8 Å². The number of anilines is 1. The van der Waals surface area contributed by atoms with Crippen molar-refractivity contribution in [1.29, 1.82) is 0 Å². The maximum absolute atomic E-state index is 13.0. The number of nitrogens with zero attached hydrogens (tertiary/aromatic N) is 4. The van der Waals surface area contributed by atoms with E-state index in [9.17, 15) is 23.1 Å². The third kappa shape index (κ3) is 4.61. The number of hydrogen-bond donors (Lipinski definition) is 2. The Balaban J connectivity index is 0.000000364. The average molecular weight is 495 g/mol. The third-order valence-corrected chi connectivity index (χ3v) is 6.84. The van der Waals surface area contributed by atoms with Crippen molar-refractivity contribution in [3.8, 4) is 5.82 Å². The molecule has 3 aliphatic rings. The Morgan fingerprint density at radius 2 is 1.91 bits per heavy atom. The number of hydrogen-bond acceptors (Lipinski definition) is 5. The minimum atomic E-state index is -5.08. The van der Waals surface area contributed by atoms with Crippen LogP contribution in [0.3, 0.4) is 0 Å².